The maximum Gasteiger partial charge on any atom is 0.277 e. The summed E-state index contributed by atoms with van der Waals surface area (Å²) in [6.07, 6.45) is 0.501. The van der Waals surface area contributed by atoms with E-state index in [1.807, 2.05) is 24.3 Å². The van der Waals surface area contributed by atoms with Crippen molar-refractivity contribution in [2.75, 3.05) is 12.4 Å². The first-order valence-corrected chi connectivity index (χ1v) is 9.86. The number of carbonyl (C=O) groups excluding carboxylic acids is 2. The molecule has 1 atom stereocenters. The van der Waals surface area contributed by atoms with E-state index < -0.39 is 5.25 Å². The first-order chi connectivity index (χ1) is 13.9. The summed E-state index contributed by atoms with van der Waals surface area (Å²) in [4.78, 5) is 23.7. The molecule has 3 rings (SSSR count). The molecule has 0 aliphatic heterocycles. The molecule has 1 N–H and O–H groups in total. The zero-order chi connectivity index (χ0) is 20.8. The Kier molecular flexibility index (Phi) is 6.66. The number of aromatic nitrogens is 2. The van der Waals surface area contributed by atoms with Gasteiger partial charge in [0.05, 0.1) is 18.8 Å². The highest BCUT2D eigenvalue weighted by Gasteiger charge is 2.18. The number of carbonyl (C=O) groups is 2. The van der Waals surface area contributed by atoms with E-state index in [1.54, 1.807) is 38.3 Å². The number of hydrogen-bond acceptors (Lipinski definition) is 7. The predicted molar refractivity (Wildman–Crippen MR) is 110 cm³/mol. The van der Waals surface area contributed by atoms with Crippen molar-refractivity contribution in [2.24, 2.45) is 0 Å². The minimum atomic E-state index is -0.434. The number of ether oxygens (including phenoxy) is 1. The minimum Gasteiger partial charge on any atom is -0.497 e. The predicted octanol–water partition coefficient (Wildman–Crippen LogP) is 3.99. The van der Waals surface area contributed by atoms with Gasteiger partial charge in [0.25, 0.3) is 5.22 Å². The molecular formula is C21H21N3O4S. The fourth-order valence-electron chi connectivity index (χ4n) is 2.51. The van der Waals surface area contributed by atoms with Crippen LogP contribution in [0.1, 0.15) is 35.7 Å². The maximum absolute atomic E-state index is 12.4. The number of methoxy groups -OCH3 is 1. The minimum absolute atomic E-state index is 0.0198. The van der Waals surface area contributed by atoms with Gasteiger partial charge in [0.1, 0.15) is 5.75 Å². The van der Waals surface area contributed by atoms with Crippen molar-refractivity contribution in [3.05, 3.63) is 65.5 Å². The van der Waals surface area contributed by atoms with E-state index in [9.17, 15) is 9.59 Å². The Labute approximate surface area is 172 Å². The number of Topliss-reactive ketones (excluding diaryl/α,β-unsaturated/α-hetero) is 1. The van der Waals surface area contributed by atoms with Crippen LogP contribution in [0, 0.1) is 0 Å². The number of benzene rings is 2. The summed E-state index contributed by atoms with van der Waals surface area (Å²) in [6, 6.07) is 14.4. The molecule has 29 heavy (non-hydrogen) atoms. The monoisotopic (exact) mass is 411 g/mol. The second-order valence-electron chi connectivity index (χ2n) is 6.37. The standard InChI is InChI=1S/C21H21N3O4S/c1-13(25)16-6-8-17(9-7-16)22-20(26)14(2)29-21-24-23-19(28-21)12-15-4-10-18(27-3)11-5-15/h4-11,14H,12H2,1-3H3,(H,22,26)/t14-/m0/s1. The fourth-order valence-corrected chi connectivity index (χ4v) is 3.21. The van der Waals surface area contributed by atoms with Gasteiger partial charge < -0.3 is 14.5 Å². The van der Waals surface area contributed by atoms with E-state index in [0.29, 0.717) is 28.8 Å². The van der Waals surface area contributed by atoms with E-state index in [4.69, 9.17) is 9.15 Å². The zero-order valence-corrected chi connectivity index (χ0v) is 17.2. The topological polar surface area (TPSA) is 94.3 Å². The van der Waals surface area contributed by atoms with Gasteiger partial charge in [-0.1, -0.05) is 23.9 Å². The molecule has 0 saturated carbocycles. The summed E-state index contributed by atoms with van der Waals surface area (Å²) in [6.45, 7) is 3.26. The van der Waals surface area contributed by atoms with Crippen molar-refractivity contribution in [3.8, 4) is 5.75 Å². The molecular weight excluding hydrogens is 390 g/mol. The third-order valence-electron chi connectivity index (χ3n) is 4.17. The van der Waals surface area contributed by atoms with Gasteiger partial charge in [-0.25, -0.2) is 0 Å². The Bertz CT molecular complexity index is 984. The summed E-state index contributed by atoms with van der Waals surface area (Å²) in [5.74, 6) is 1.05. The normalized spacial score (nSPS) is 11.7. The van der Waals surface area contributed by atoms with Crippen molar-refractivity contribution < 1.29 is 18.7 Å². The smallest absolute Gasteiger partial charge is 0.277 e. The van der Waals surface area contributed by atoms with Crippen LogP contribution >= 0.6 is 11.8 Å². The van der Waals surface area contributed by atoms with E-state index in [-0.39, 0.29) is 11.7 Å². The molecule has 1 heterocycles. The third kappa shape index (κ3) is 5.68. The molecule has 150 valence electrons. The Hall–Kier alpha value is -3.13. The lowest BCUT2D eigenvalue weighted by Gasteiger charge is -2.10. The van der Waals surface area contributed by atoms with Crippen molar-refractivity contribution in [1.29, 1.82) is 0 Å². The molecule has 0 unspecified atom stereocenters. The molecule has 0 fully saturated rings. The molecule has 3 aromatic rings. The van der Waals surface area contributed by atoms with Crippen LogP contribution < -0.4 is 10.1 Å². The van der Waals surface area contributed by atoms with Crippen molar-refractivity contribution in [3.63, 3.8) is 0 Å². The van der Waals surface area contributed by atoms with Crippen LogP contribution in [0.15, 0.2) is 58.2 Å². The van der Waals surface area contributed by atoms with E-state index >= 15 is 0 Å². The summed E-state index contributed by atoms with van der Waals surface area (Å²) < 4.78 is 10.8. The van der Waals surface area contributed by atoms with Gasteiger partial charge in [0.2, 0.25) is 11.8 Å². The molecule has 0 aliphatic rings. The molecule has 8 heteroatoms. The van der Waals surface area contributed by atoms with Crippen LogP contribution in [0.4, 0.5) is 5.69 Å². The number of rotatable bonds is 8. The van der Waals surface area contributed by atoms with Gasteiger partial charge in [-0.15, -0.1) is 10.2 Å². The Morgan fingerprint density at radius 2 is 1.79 bits per heavy atom. The second kappa shape index (κ2) is 9.38. The lowest BCUT2D eigenvalue weighted by molar-refractivity contribution is -0.115. The molecule has 0 spiro atoms. The number of anilines is 1. The summed E-state index contributed by atoms with van der Waals surface area (Å²) >= 11 is 1.19. The average molecular weight is 411 g/mol. The molecule has 0 radical (unpaired) electrons. The number of hydrogen-bond donors (Lipinski definition) is 1. The number of amides is 1. The van der Waals surface area contributed by atoms with E-state index in [0.717, 1.165) is 11.3 Å². The number of nitrogens with zero attached hydrogens (tertiary/aromatic N) is 2. The first-order valence-electron chi connectivity index (χ1n) is 8.98. The van der Waals surface area contributed by atoms with Crippen molar-refractivity contribution in [1.82, 2.24) is 10.2 Å². The lowest BCUT2D eigenvalue weighted by Crippen LogP contribution is -2.22. The van der Waals surface area contributed by atoms with Gasteiger partial charge in [-0.3, -0.25) is 9.59 Å². The average Bonchev–Trinajstić information content (AvgIpc) is 3.15. The Morgan fingerprint density at radius 1 is 1.10 bits per heavy atom. The molecule has 2 aromatic carbocycles. The summed E-state index contributed by atoms with van der Waals surface area (Å²) in [7, 11) is 1.62. The van der Waals surface area contributed by atoms with Gasteiger partial charge in [0, 0.05) is 11.3 Å². The quantitative estimate of drug-likeness (QED) is 0.442. The van der Waals surface area contributed by atoms with Gasteiger partial charge in [-0.2, -0.15) is 0 Å². The fraction of sp³-hybridized carbons (Fsp3) is 0.238. The Morgan fingerprint density at radius 3 is 2.41 bits per heavy atom. The highest BCUT2D eigenvalue weighted by molar-refractivity contribution is 8.00. The Balaban J connectivity index is 1.55. The number of ketones is 1. The molecule has 7 nitrogen and oxygen atoms in total. The van der Waals surface area contributed by atoms with Crippen LogP contribution in [-0.4, -0.2) is 34.2 Å². The van der Waals surface area contributed by atoms with Gasteiger partial charge >= 0.3 is 0 Å². The number of thioether (sulfide) groups is 1. The van der Waals surface area contributed by atoms with Crippen molar-refractivity contribution >= 4 is 29.1 Å². The third-order valence-corrected chi connectivity index (χ3v) is 5.10. The molecule has 0 bridgehead atoms. The maximum atomic E-state index is 12.4. The van der Waals surface area contributed by atoms with Crippen LogP contribution in [0.3, 0.4) is 0 Å². The van der Waals surface area contributed by atoms with Crippen LogP contribution in [0.25, 0.3) is 0 Å². The van der Waals surface area contributed by atoms with E-state index in [2.05, 4.69) is 15.5 Å². The molecule has 1 amide bonds. The SMILES string of the molecule is COc1ccc(Cc2nnc(S[C@@H](C)C(=O)Nc3ccc(C(C)=O)cc3)o2)cc1. The second-order valence-corrected chi connectivity index (χ2v) is 7.66. The molecule has 0 aliphatic carbocycles. The highest BCUT2D eigenvalue weighted by atomic mass is 32.2. The lowest BCUT2D eigenvalue weighted by atomic mass is 10.1. The summed E-state index contributed by atoms with van der Waals surface area (Å²) in [5, 5.41) is 10.8. The molecule has 1 aromatic heterocycles. The van der Waals surface area contributed by atoms with Gasteiger partial charge in [-0.05, 0) is 55.8 Å². The number of nitrogens with one attached hydrogen (secondary N) is 1. The van der Waals surface area contributed by atoms with Gasteiger partial charge in [0.15, 0.2) is 5.78 Å². The largest absolute Gasteiger partial charge is 0.497 e. The van der Waals surface area contributed by atoms with Crippen LogP contribution in [-0.2, 0) is 11.2 Å². The molecule has 0 saturated heterocycles. The summed E-state index contributed by atoms with van der Waals surface area (Å²) in [5.41, 5.74) is 2.24. The first kappa shape index (κ1) is 20.6. The van der Waals surface area contributed by atoms with Crippen LogP contribution in [0.5, 0.6) is 5.75 Å². The van der Waals surface area contributed by atoms with E-state index in [1.165, 1.54) is 18.7 Å². The zero-order valence-electron chi connectivity index (χ0n) is 16.3. The van der Waals surface area contributed by atoms with Crippen LogP contribution in [0.2, 0.25) is 0 Å². The highest BCUT2D eigenvalue weighted by Crippen LogP contribution is 2.24. The van der Waals surface area contributed by atoms with Crippen molar-refractivity contribution in [2.45, 2.75) is 30.7 Å².